The summed E-state index contributed by atoms with van der Waals surface area (Å²) in [6.07, 6.45) is 1.74. The van der Waals surface area contributed by atoms with Crippen molar-refractivity contribution in [3.8, 4) is 5.75 Å². The van der Waals surface area contributed by atoms with Crippen molar-refractivity contribution in [3.05, 3.63) is 90.0 Å². The average Bonchev–Trinajstić information content (AvgIpc) is 2.89. The first-order chi connectivity index (χ1) is 17.5. The fraction of sp³-hybridized carbons (Fsp3) is 0.310. The molecule has 1 aliphatic rings. The highest BCUT2D eigenvalue weighted by Gasteiger charge is 2.36. The highest BCUT2D eigenvalue weighted by Crippen LogP contribution is 2.41. The van der Waals surface area contributed by atoms with Gasteiger partial charge in [0.25, 0.3) is 0 Å². The molecule has 188 valence electrons. The Balaban J connectivity index is 1.46. The zero-order valence-electron chi connectivity index (χ0n) is 20.4. The third-order valence-electron chi connectivity index (χ3n) is 6.25. The number of fused-ring (bicyclic) bond motifs is 1. The molecule has 4 rings (SSSR count). The molecule has 0 aliphatic heterocycles. The molecule has 0 saturated heterocycles. The topological polar surface area (TPSA) is 85.3 Å². The van der Waals surface area contributed by atoms with E-state index in [1.165, 1.54) is 4.90 Å². The number of ether oxygens (including phenoxy) is 3. The van der Waals surface area contributed by atoms with Crippen molar-refractivity contribution in [1.29, 1.82) is 0 Å². The highest BCUT2D eigenvalue weighted by molar-refractivity contribution is 5.95. The van der Waals surface area contributed by atoms with Gasteiger partial charge in [0.2, 0.25) is 0 Å². The summed E-state index contributed by atoms with van der Waals surface area (Å²) in [5, 5.41) is 11.5. The van der Waals surface area contributed by atoms with Crippen molar-refractivity contribution in [2.75, 3.05) is 24.7 Å². The second-order valence-electron chi connectivity index (χ2n) is 8.63. The predicted molar refractivity (Wildman–Crippen MR) is 136 cm³/mol. The maximum atomic E-state index is 13.2. The normalized spacial score (nSPS) is 16.5. The average molecular weight is 490 g/mol. The Morgan fingerprint density at radius 3 is 2.22 bits per heavy atom. The van der Waals surface area contributed by atoms with Gasteiger partial charge >= 0.3 is 12.1 Å². The van der Waals surface area contributed by atoms with Gasteiger partial charge in [-0.15, -0.1) is 0 Å². The Kier molecular flexibility index (Phi) is 8.23. The Labute approximate surface area is 211 Å². The SMILES string of the molecule is CCOC(=O)COc1cccc2c1CCCC2(O)CCOC(=O)N(c1ccccc1)c1ccccc1. The van der Waals surface area contributed by atoms with Crippen LogP contribution in [-0.2, 0) is 26.3 Å². The van der Waals surface area contributed by atoms with Gasteiger partial charge in [0.05, 0.1) is 30.2 Å². The van der Waals surface area contributed by atoms with Gasteiger partial charge in [0.1, 0.15) is 5.75 Å². The first kappa shape index (κ1) is 25.3. The summed E-state index contributed by atoms with van der Waals surface area (Å²) in [5.74, 6) is 0.129. The Hall–Kier alpha value is -3.84. The van der Waals surface area contributed by atoms with Crippen molar-refractivity contribution in [2.45, 2.75) is 38.2 Å². The molecule has 0 spiro atoms. The molecule has 1 atom stereocenters. The number of benzene rings is 3. The fourth-order valence-corrected chi connectivity index (χ4v) is 4.57. The molecule has 3 aromatic rings. The van der Waals surface area contributed by atoms with Crippen molar-refractivity contribution in [1.82, 2.24) is 0 Å². The number of rotatable bonds is 9. The molecule has 0 aromatic heterocycles. The zero-order valence-corrected chi connectivity index (χ0v) is 20.4. The van der Waals surface area contributed by atoms with Crippen LogP contribution < -0.4 is 9.64 Å². The van der Waals surface area contributed by atoms with Gasteiger partial charge in [-0.2, -0.15) is 0 Å². The number of carbonyl (C=O) groups excluding carboxylic acids is 2. The molecule has 0 saturated carbocycles. The van der Waals surface area contributed by atoms with Gasteiger partial charge in [-0.25, -0.2) is 14.5 Å². The minimum atomic E-state index is -1.17. The van der Waals surface area contributed by atoms with E-state index in [0.717, 1.165) is 24.0 Å². The summed E-state index contributed by atoms with van der Waals surface area (Å²) < 4.78 is 16.3. The van der Waals surface area contributed by atoms with E-state index in [9.17, 15) is 14.7 Å². The van der Waals surface area contributed by atoms with E-state index < -0.39 is 17.7 Å². The Morgan fingerprint density at radius 2 is 1.58 bits per heavy atom. The molecule has 36 heavy (non-hydrogen) atoms. The number of esters is 1. The van der Waals surface area contributed by atoms with Crippen LogP contribution in [0.5, 0.6) is 5.75 Å². The number of amides is 1. The second-order valence-corrected chi connectivity index (χ2v) is 8.63. The van der Waals surface area contributed by atoms with Crippen LogP contribution in [0.2, 0.25) is 0 Å². The van der Waals surface area contributed by atoms with E-state index in [1.807, 2.05) is 66.7 Å². The van der Waals surface area contributed by atoms with Crippen LogP contribution in [-0.4, -0.2) is 37.0 Å². The maximum absolute atomic E-state index is 13.2. The van der Waals surface area contributed by atoms with Gasteiger partial charge in [-0.3, -0.25) is 0 Å². The summed E-state index contributed by atoms with van der Waals surface area (Å²) >= 11 is 0. The summed E-state index contributed by atoms with van der Waals surface area (Å²) in [7, 11) is 0. The smallest absolute Gasteiger partial charge is 0.418 e. The first-order valence-corrected chi connectivity index (χ1v) is 12.2. The molecule has 1 unspecified atom stereocenters. The molecule has 1 aliphatic carbocycles. The van der Waals surface area contributed by atoms with E-state index in [1.54, 1.807) is 19.1 Å². The van der Waals surface area contributed by atoms with Gasteiger partial charge in [0, 0.05) is 12.0 Å². The molecular formula is C29H31NO6. The lowest BCUT2D eigenvalue weighted by Crippen LogP contribution is -2.34. The fourth-order valence-electron chi connectivity index (χ4n) is 4.57. The van der Waals surface area contributed by atoms with E-state index >= 15 is 0 Å². The number of hydrogen-bond donors (Lipinski definition) is 1. The van der Waals surface area contributed by atoms with Crippen molar-refractivity contribution >= 4 is 23.4 Å². The summed E-state index contributed by atoms with van der Waals surface area (Å²) in [4.78, 5) is 26.4. The third kappa shape index (κ3) is 5.86. The van der Waals surface area contributed by atoms with Crippen LogP contribution in [0.3, 0.4) is 0 Å². The minimum absolute atomic E-state index is 0.0405. The van der Waals surface area contributed by atoms with Crippen molar-refractivity contribution in [3.63, 3.8) is 0 Å². The van der Waals surface area contributed by atoms with E-state index in [4.69, 9.17) is 14.2 Å². The number of aliphatic hydroxyl groups is 1. The molecule has 0 radical (unpaired) electrons. The quantitative estimate of drug-likeness (QED) is 0.399. The third-order valence-corrected chi connectivity index (χ3v) is 6.25. The number of nitrogens with zero attached hydrogens (tertiary/aromatic N) is 1. The van der Waals surface area contributed by atoms with Gasteiger partial charge < -0.3 is 19.3 Å². The molecule has 1 N–H and O–H groups in total. The molecule has 1 amide bonds. The highest BCUT2D eigenvalue weighted by atomic mass is 16.6. The number of para-hydroxylation sites is 2. The van der Waals surface area contributed by atoms with Crippen LogP contribution in [0.4, 0.5) is 16.2 Å². The Morgan fingerprint density at radius 1 is 0.917 bits per heavy atom. The van der Waals surface area contributed by atoms with Crippen LogP contribution in [0, 0.1) is 0 Å². The number of anilines is 2. The summed E-state index contributed by atoms with van der Waals surface area (Å²) in [6.45, 7) is 1.89. The van der Waals surface area contributed by atoms with Gasteiger partial charge in [-0.1, -0.05) is 48.5 Å². The van der Waals surface area contributed by atoms with Gasteiger partial charge in [0.15, 0.2) is 6.61 Å². The van der Waals surface area contributed by atoms with E-state index in [2.05, 4.69) is 0 Å². The molecule has 0 heterocycles. The lowest BCUT2D eigenvalue weighted by molar-refractivity contribution is -0.145. The second kappa shape index (κ2) is 11.7. The number of hydrogen-bond acceptors (Lipinski definition) is 6. The van der Waals surface area contributed by atoms with Crippen LogP contribution >= 0.6 is 0 Å². The van der Waals surface area contributed by atoms with Crippen LogP contribution in [0.1, 0.15) is 37.3 Å². The standard InChI is InChI=1S/C29H31NO6/c1-2-34-27(31)21-36-26-17-9-16-25-24(26)15-10-18-29(25,33)19-20-35-28(32)30(22-11-5-3-6-12-22)23-13-7-4-8-14-23/h3-9,11-14,16-17,33H,2,10,15,18-21H2,1H3. The van der Waals surface area contributed by atoms with Gasteiger partial charge in [-0.05, 0) is 62.1 Å². The lowest BCUT2D eigenvalue weighted by Gasteiger charge is -2.35. The zero-order chi connectivity index (χ0) is 25.4. The summed E-state index contributed by atoms with van der Waals surface area (Å²) in [5.41, 5.74) is 1.84. The Bertz CT molecular complexity index is 1130. The minimum Gasteiger partial charge on any atom is -0.482 e. The molecule has 7 heteroatoms. The predicted octanol–water partition coefficient (Wildman–Crippen LogP) is 5.52. The largest absolute Gasteiger partial charge is 0.482 e. The lowest BCUT2D eigenvalue weighted by atomic mass is 9.77. The first-order valence-electron chi connectivity index (χ1n) is 12.2. The maximum Gasteiger partial charge on any atom is 0.418 e. The monoisotopic (exact) mass is 489 g/mol. The van der Waals surface area contributed by atoms with Crippen molar-refractivity contribution < 1.29 is 28.9 Å². The van der Waals surface area contributed by atoms with Crippen LogP contribution in [0.15, 0.2) is 78.9 Å². The number of carbonyl (C=O) groups is 2. The molecule has 0 fully saturated rings. The van der Waals surface area contributed by atoms with E-state index in [-0.39, 0.29) is 19.6 Å². The van der Waals surface area contributed by atoms with Crippen molar-refractivity contribution in [2.24, 2.45) is 0 Å². The molecule has 3 aromatic carbocycles. The summed E-state index contributed by atoms with van der Waals surface area (Å²) in [6, 6.07) is 24.1. The molecule has 7 nitrogen and oxygen atoms in total. The molecular weight excluding hydrogens is 458 g/mol. The van der Waals surface area contributed by atoms with Crippen LogP contribution in [0.25, 0.3) is 0 Å². The molecule has 0 bridgehead atoms. The van der Waals surface area contributed by atoms with E-state index in [0.29, 0.717) is 30.2 Å².